The van der Waals surface area contributed by atoms with Crippen molar-refractivity contribution in [3.05, 3.63) is 40.9 Å². The van der Waals surface area contributed by atoms with Crippen molar-refractivity contribution in [2.45, 2.75) is 32.4 Å². The molecule has 2 aromatic rings. The average molecular weight is 568 g/mol. The van der Waals surface area contributed by atoms with E-state index in [1.54, 1.807) is 24.3 Å². The number of hydrogen-bond acceptors (Lipinski definition) is 4. The third-order valence-corrected chi connectivity index (χ3v) is 4.31. The molecule has 2 atom stereocenters. The largest absolute Gasteiger partial charge is 0.286 e. The number of hydrogen-bond donors (Lipinski definition) is 1. The summed E-state index contributed by atoms with van der Waals surface area (Å²) in [6.07, 6.45) is 0. The molecule has 0 saturated heterocycles. The van der Waals surface area contributed by atoms with Crippen molar-refractivity contribution in [3.8, 4) is 11.4 Å². The molecule has 0 saturated carbocycles. The van der Waals surface area contributed by atoms with Crippen molar-refractivity contribution >= 4 is 104 Å². The van der Waals surface area contributed by atoms with Crippen LogP contribution < -0.4 is 5.32 Å². The molecule has 0 aliphatic carbocycles. The van der Waals surface area contributed by atoms with Gasteiger partial charge < -0.3 is 0 Å². The smallest absolute Gasteiger partial charge is 0.250 e. The summed E-state index contributed by atoms with van der Waals surface area (Å²) in [4.78, 5) is 12.0. The third-order valence-electron chi connectivity index (χ3n) is 2.72. The Labute approximate surface area is 208 Å². The number of halogens is 9. The molecule has 1 N–H and O–H groups in total. The molecule has 0 spiro atoms. The molecule has 0 aliphatic rings. The van der Waals surface area contributed by atoms with Gasteiger partial charge in [-0.2, -0.15) is 0 Å². The second-order valence-electron chi connectivity index (χ2n) is 5.18. The summed E-state index contributed by atoms with van der Waals surface area (Å²) in [7, 11) is 0. The lowest BCUT2D eigenvalue weighted by atomic mass is 10.2. The van der Waals surface area contributed by atoms with Gasteiger partial charge in [-0.1, -0.05) is 93.3 Å². The van der Waals surface area contributed by atoms with Crippen LogP contribution in [0.15, 0.2) is 24.3 Å². The van der Waals surface area contributed by atoms with Crippen molar-refractivity contribution in [1.29, 1.82) is 0 Å². The number of alkyl halides is 8. The van der Waals surface area contributed by atoms with E-state index < -0.39 is 7.59 Å². The summed E-state index contributed by atoms with van der Waals surface area (Å²) in [5, 5.41) is 3.23. The summed E-state index contributed by atoms with van der Waals surface area (Å²) in [6, 6.07) is 6.83. The van der Waals surface area contributed by atoms with Crippen molar-refractivity contribution < 1.29 is 0 Å². The Morgan fingerprint density at radius 3 is 1.54 bits per heavy atom. The van der Waals surface area contributed by atoms with E-state index in [1.165, 1.54) is 0 Å². The Balaban J connectivity index is 0.000000480. The predicted molar refractivity (Wildman–Crippen MR) is 123 cm³/mol. The van der Waals surface area contributed by atoms with Gasteiger partial charge in [-0.05, 0) is 26.0 Å². The van der Waals surface area contributed by atoms with Crippen LogP contribution in [0.2, 0.25) is 5.02 Å². The number of rotatable bonds is 3. The zero-order valence-electron chi connectivity index (χ0n) is 14.2. The summed E-state index contributed by atoms with van der Waals surface area (Å²) in [5.41, 5.74) is 0.424. The van der Waals surface area contributed by atoms with E-state index in [4.69, 9.17) is 104 Å². The SMILES string of the molecule is CC(Cl)NC(C)Cl.Clc1ccccc1-c1nc(C(Cl)(Cl)Cl)nc(C(Cl)(Cl)Cl)n1. The number of aromatic nitrogens is 3. The number of nitrogens with zero attached hydrogens (tertiary/aromatic N) is 3. The lowest BCUT2D eigenvalue weighted by molar-refractivity contribution is 0.667. The molecule has 4 nitrogen and oxygen atoms in total. The Bertz CT molecular complexity index is 735. The molecule has 2 rings (SSSR count). The van der Waals surface area contributed by atoms with E-state index in [2.05, 4.69) is 20.3 Å². The van der Waals surface area contributed by atoms with E-state index in [0.29, 0.717) is 10.6 Å². The monoisotopic (exact) mass is 564 g/mol. The van der Waals surface area contributed by atoms with Gasteiger partial charge in [-0.25, -0.2) is 15.0 Å². The molecule has 1 aromatic heterocycles. The van der Waals surface area contributed by atoms with Crippen LogP contribution in [0.1, 0.15) is 25.5 Å². The zero-order chi connectivity index (χ0) is 21.7. The Kier molecular flexibility index (Phi) is 11.0. The summed E-state index contributed by atoms with van der Waals surface area (Å²) in [5.74, 6) is -0.198. The van der Waals surface area contributed by atoms with Crippen LogP contribution in [0.4, 0.5) is 0 Å². The molecular weight excluding hydrogens is 555 g/mol. The van der Waals surface area contributed by atoms with Crippen molar-refractivity contribution in [3.63, 3.8) is 0 Å². The van der Waals surface area contributed by atoms with Gasteiger partial charge in [0.2, 0.25) is 7.59 Å². The molecule has 2 unspecified atom stereocenters. The van der Waals surface area contributed by atoms with Crippen LogP contribution in [0.5, 0.6) is 0 Å². The Hall–Kier alpha value is 0.800. The minimum Gasteiger partial charge on any atom is -0.286 e. The highest BCUT2D eigenvalue weighted by atomic mass is 35.6. The molecule has 1 aromatic carbocycles. The molecule has 1 heterocycles. The summed E-state index contributed by atoms with van der Waals surface area (Å²) >= 11 is 51.8. The number of nitrogens with one attached hydrogen (secondary N) is 1. The van der Waals surface area contributed by atoms with Crippen LogP contribution in [0.3, 0.4) is 0 Å². The molecule has 13 heteroatoms. The van der Waals surface area contributed by atoms with Gasteiger partial charge >= 0.3 is 0 Å². The lowest BCUT2D eigenvalue weighted by Crippen LogP contribution is -2.25. The molecule has 156 valence electrons. The molecular formula is C15H13Cl9N4. The molecule has 0 aliphatic heterocycles. The average Bonchev–Trinajstić information content (AvgIpc) is 2.52. The minimum atomic E-state index is -1.90. The Morgan fingerprint density at radius 2 is 1.21 bits per heavy atom. The standard InChI is InChI=1S/C11H4Cl7N3.C4H9Cl2N/c12-6-4-2-1-3-5(6)7-19-8(10(13,14)15)21-9(20-7)11(16,17)18;1-3(5)7-4(2)6/h1-4H;3-4,7H,1-2H3. The second kappa shape index (κ2) is 11.4. The zero-order valence-corrected chi connectivity index (χ0v) is 21.0. The number of benzene rings is 1. The van der Waals surface area contributed by atoms with Crippen LogP contribution in [0.25, 0.3) is 11.4 Å². The fourth-order valence-corrected chi connectivity index (χ4v) is 2.88. The predicted octanol–water partition coefficient (Wildman–Crippen LogP) is 7.59. The maximum atomic E-state index is 6.09. The lowest BCUT2D eigenvalue weighted by Gasteiger charge is -2.15. The van der Waals surface area contributed by atoms with Gasteiger partial charge in [0.25, 0.3) is 0 Å². The van der Waals surface area contributed by atoms with E-state index >= 15 is 0 Å². The van der Waals surface area contributed by atoms with Crippen LogP contribution in [-0.4, -0.2) is 26.0 Å². The van der Waals surface area contributed by atoms with E-state index in [1.807, 2.05) is 13.8 Å². The van der Waals surface area contributed by atoms with Crippen molar-refractivity contribution in [2.75, 3.05) is 0 Å². The first-order valence-corrected chi connectivity index (χ1v) is 10.9. The molecule has 28 heavy (non-hydrogen) atoms. The topological polar surface area (TPSA) is 50.7 Å². The van der Waals surface area contributed by atoms with E-state index in [9.17, 15) is 0 Å². The fraction of sp³-hybridized carbons (Fsp3) is 0.400. The maximum absolute atomic E-state index is 6.09. The molecule has 0 bridgehead atoms. The molecule has 0 fully saturated rings. The molecule has 0 radical (unpaired) electrons. The van der Waals surface area contributed by atoms with Crippen LogP contribution >= 0.6 is 104 Å². The summed E-state index contributed by atoms with van der Waals surface area (Å²) in [6.45, 7) is 3.67. The highest BCUT2D eigenvalue weighted by Crippen LogP contribution is 2.41. The molecule has 0 amide bonds. The maximum Gasteiger partial charge on any atom is 0.250 e. The van der Waals surface area contributed by atoms with Gasteiger partial charge in [-0.3, -0.25) is 5.32 Å². The van der Waals surface area contributed by atoms with Crippen LogP contribution in [-0.2, 0) is 7.59 Å². The third kappa shape index (κ3) is 9.30. The van der Waals surface area contributed by atoms with Gasteiger partial charge in [0, 0.05) is 5.56 Å². The highest BCUT2D eigenvalue weighted by molar-refractivity contribution is 6.67. The van der Waals surface area contributed by atoms with Crippen molar-refractivity contribution in [2.24, 2.45) is 0 Å². The van der Waals surface area contributed by atoms with Gasteiger partial charge in [0.15, 0.2) is 17.5 Å². The van der Waals surface area contributed by atoms with Crippen LogP contribution in [0, 0.1) is 0 Å². The Morgan fingerprint density at radius 1 is 0.786 bits per heavy atom. The van der Waals surface area contributed by atoms with E-state index in [0.717, 1.165) is 0 Å². The second-order valence-corrected chi connectivity index (χ2v) is 11.5. The van der Waals surface area contributed by atoms with Gasteiger partial charge in [0.1, 0.15) is 0 Å². The first-order valence-electron chi connectivity index (χ1n) is 7.41. The van der Waals surface area contributed by atoms with Gasteiger partial charge in [0.05, 0.1) is 16.0 Å². The highest BCUT2D eigenvalue weighted by Gasteiger charge is 2.34. The first-order chi connectivity index (χ1) is 12.7. The van der Waals surface area contributed by atoms with E-state index in [-0.39, 0.29) is 28.5 Å². The first kappa shape index (κ1) is 26.8. The van der Waals surface area contributed by atoms with Gasteiger partial charge in [-0.15, -0.1) is 23.2 Å². The fourth-order valence-electron chi connectivity index (χ4n) is 1.71. The van der Waals surface area contributed by atoms with Crippen molar-refractivity contribution in [1.82, 2.24) is 20.3 Å². The normalized spacial score (nSPS) is 14.1. The minimum absolute atomic E-state index is 0.0347. The summed E-state index contributed by atoms with van der Waals surface area (Å²) < 4.78 is -3.80. The quantitative estimate of drug-likeness (QED) is 0.306.